The number of thiocarbonyl (C=S) groups is 1. The molecule has 4 heterocycles. The maximum atomic E-state index is 13.4. The molecule has 1 N–H and O–H groups in total. The number of anilines is 1. The molecule has 0 radical (unpaired) electrons. The highest BCUT2D eigenvalue weighted by atomic mass is 32.2. The van der Waals surface area contributed by atoms with Gasteiger partial charge in [0, 0.05) is 12.7 Å². The van der Waals surface area contributed by atoms with Crippen LogP contribution in [0.2, 0.25) is 0 Å². The van der Waals surface area contributed by atoms with E-state index in [0.717, 1.165) is 12.8 Å². The predicted molar refractivity (Wildman–Crippen MR) is 159 cm³/mol. The molecular weight excluding hydrogens is 516 g/mol. The third kappa shape index (κ3) is 7.35. The standard InChI is InChI=1S/C29H36N4O3S2/c1-2-3-4-5-6-7-8-9-10-12-18-33-28(35)24(38-29(33)37)20-23-26(30-21-22-15-14-19-36-22)31-25-16-11-13-17-32(25)27(23)34/h11,13-17,19-20,30H,2-10,12,18,21H2,1H3. The van der Waals surface area contributed by atoms with Gasteiger partial charge in [-0.1, -0.05) is 94.8 Å². The van der Waals surface area contributed by atoms with E-state index in [-0.39, 0.29) is 11.5 Å². The molecule has 38 heavy (non-hydrogen) atoms. The van der Waals surface area contributed by atoms with Gasteiger partial charge >= 0.3 is 0 Å². The first-order valence-electron chi connectivity index (χ1n) is 13.6. The number of thioether (sulfide) groups is 1. The summed E-state index contributed by atoms with van der Waals surface area (Å²) in [4.78, 5) is 33.4. The van der Waals surface area contributed by atoms with Crippen molar-refractivity contribution in [2.24, 2.45) is 0 Å². The van der Waals surface area contributed by atoms with E-state index in [4.69, 9.17) is 16.6 Å². The maximum absolute atomic E-state index is 13.4. The fourth-order valence-electron chi connectivity index (χ4n) is 4.53. The summed E-state index contributed by atoms with van der Waals surface area (Å²) in [7, 11) is 0. The third-order valence-corrected chi connectivity index (χ3v) is 8.04. The Bertz CT molecular complexity index is 1320. The summed E-state index contributed by atoms with van der Waals surface area (Å²) in [6.45, 7) is 3.22. The van der Waals surface area contributed by atoms with E-state index in [0.29, 0.717) is 45.1 Å². The summed E-state index contributed by atoms with van der Waals surface area (Å²) < 4.78 is 7.43. The van der Waals surface area contributed by atoms with Gasteiger partial charge in [-0.2, -0.15) is 0 Å². The van der Waals surface area contributed by atoms with Crippen LogP contribution >= 0.6 is 24.0 Å². The first-order valence-corrected chi connectivity index (χ1v) is 14.8. The second-order valence-corrected chi connectivity index (χ2v) is 11.2. The molecule has 0 bridgehead atoms. The monoisotopic (exact) mass is 552 g/mol. The van der Waals surface area contributed by atoms with Gasteiger partial charge in [-0.25, -0.2) is 4.98 Å². The Morgan fingerprint density at radius 1 is 1.00 bits per heavy atom. The van der Waals surface area contributed by atoms with E-state index < -0.39 is 0 Å². The second-order valence-electron chi connectivity index (χ2n) is 9.56. The number of nitrogens with one attached hydrogen (secondary N) is 1. The SMILES string of the molecule is CCCCCCCCCCCCN1C(=O)C(=Cc2c(NCc3ccco3)nc3ccccn3c2=O)SC1=S. The number of hydrogen-bond acceptors (Lipinski definition) is 7. The van der Waals surface area contributed by atoms with Crippen LogP contribution < -0.4 is 10.9 Å². The lowest BCUT2D eigenvalue weighted by Crippen LogP contribution is -2.29. The zero-order valence-corrected chi connectivity index (χ0v) is 23.6. The van der Waals surface area contributed by atoms with Crippen molar-refractivity contribution in [3.05, 3.63) is 69.4 Å². The minimum Gasteiger partial charge on any atom is -0.467 e. The Kier molecular flexibility index (Phi) is 10.6. The van der Waals surface area contributed by atoms with Gasteiger partial charge in [0.15, 0.2) is 0 Å². The third-order valence-electron chi connectivity index (χ3n) is 6.66. The minimum atomic E-state index is -0.252. The lowest BCUT2D eigenvalue weighted by atomic mass is 10.1. The Labute approximate surface area is 233 Å². The molecule has 4 rings (SSSR count). The van der Waals surface area contributed by atoms with E-state index >= 15 is 0 Å². The molecule has 0 aromatic carbocycles. The number of fused-ring (bicyclic) bond motifs is 1. The number of amides is 1. The summed E-state index contributed by atoms with van der Waals surface area (Å²) >= 11 is 6.77. The van der Waals surface area contributed by atoms with Gasteiger partial charge in [-0.05, 0) is 36.8 Å². The molecule has 1 saturated heterocycles. The molecule has 0 spiro atoms. The van der Waals surface area contributed by atoms with Crippen LogP contribution in [0.5, 0.6) is 0 Å². The number of aromatic nitrogens is 2. The van der Waals surface area contributed by atoms with E-state index in [1.807, 2.05) is 12.1 Å². The largest absolute Gasteiger partial charge is 0.467 e. The molecule has 3 aromatic heterocycles. The normalized spacial score (nSPS) is 14.8. The highest BCUT2D eigenvalue weighted by Gasteiger charge is 2.32. The zero-order valence-electron chi connectivity index (χ0n) is 22.0. The fraction of sp³-hybridized carbons (Fsp3) is 0.448. The van der Waals surface area contributed by atoms with Crippen molar-refractivity contribution >= 4 is 51.7 Å². The molecule has 1 aliphatic rings. The van der Waals surface area contributed by atoms with Crippen LogP contribution in [0.25, 0.3) is 11.7 Å². The number of pyridine rings is 1. The molecule has 0 saturated carbocycles. The van der Waals surface area contributed by atoms with Gasteiger partial charge in [0.05, 0.1) is 23.3 Å². The molecule has 202 valence electrons. The van der Waals surface area contributed by atoms with Gasteiger partial charge in [0.2, 0.25) is 0 Å². The molecule has 7 nitrogen and oxygen atoms in total. The van der Waals surface area contributed by atoms with Crippen molar-refractivity contribution < 1.29 is 9.21 Å². The topological polar surface area (TPSA) is 79.8 Å². The number of nitrogens with zero attached hydrogens (tertiary/aromatic N) is 3. The molecule has 9 heteroatoms. The first kappa shape index (κ1) is 28.1. The molecule has 0 atom stereocenters. The summed E-state index contributed by atoms with van der Waals surface area (Å²) in [6.07, 6.45) is 17.3. The Morgan fingerprint density at radius 2 is 1.74 bits per heavy atom. The smallest absolute Gasteiger partial charge is 0.267 e. The van der Waals surface area contributed by atoms with E-state index in [1.54, 1.807) is 41.6 Å². The summed E-state index contributed by atoms with van der Waals surface area (Å²) in [5, 5.41) is 3.20. The molecule has 3 aromatic rings. The lowest BCUT2D eigenvalue weighted by Gasteiger charge is -2.14. The lowest BCUT2D eigenvalue weighted by molar-refractivity contribution is -0.122. The summed E-state index contributed by atoms with van der Waals surface area (Å²) in [5.74, 6) is 0.969. The Hall–Kier alpha value is -2.91. The van der Waals surface area contributed by atoms with Gasteiger partial charge < -0.3 is 9.73 Å². The number of unbranched alkanes of at least 4 members (excludes halogenated alkanes) is 9. The quantitative estimate of drug-likeness (QED) is 0.123. The number of carbonyl (C=O) groups is 1. The van der Waals surface area contributed by atoms with Crippen LogP contribution in [0.15, 0.2) is 56.9 Å². The van der Waals surface area contributed by atoms with Crippen molar-refractivity contribution in [2.45, 2.75) is 77.7 Å². The van der Waals surface area contributed by atoms with Crippen LogP contribution in [-0.4, -0.2) is 31.1 Å². The predicted octanol–water partition coefficient (Wildman–Crippen LogP) is 7.02. The molecule has 0 unspecified atom stereocenters. The van der Waals surface area contributed by atoms with E-state index in [2.05, 4.69) is 17.2 Å². The van der Waals surface area contributed by atoms with E-state index in [9.17, 15) is 9.59 Å². The van der Waals surface area contributed by atoms with Crippen molar-refractivity contribution in [1.29, 1.82) is 0 Å². The second kappa shape index (κ2) is 14.3. The minimum absolute atomic E-state index is 0.148. The van der Waals surface area contributed by atoms with Crippen molar-refractivity contribution in [2.75, 3.05) is 11.9 Å². The number of furan rings is 1. The van der Waals surface area contributed by atoms with Crippen molar-refractivity contribution in [1.82, 2.24) is 14.3 Å². The van der Waals surface area contributed by atoms with Crippen molar-refractivity contribution in [3.8, 4) is 0 Å². The highest BCUT2D eigenvalue weighted by Crippen LogP contribution is 2.33. The highest BCUT2D eigenvalue weighted by molar-refractivity contribution is 8.26. The number of carbonyl (C=O) groups excluding carboxylic acids is 1. The molecule has 1 aliphatic heterocycles. The fourth-order valence-corrected chi connectivity index (χ4v) is 5.82. The van der Waals surface area contributed by atoms with Crippen LogP contribution in [0, 0.1) is 0 Å². The Balaban J connectivity index is 1.39. The van der Waals surface area contributed by atoms with Crippen LogP contribution in [0.1, 0.15) is 82.5 Å². The summed E-state index contributed by atoms with van der Waals surface area (Å²) in [6, 6.07) is 9.04. The number of hydrogen-bond donors (Lipinski definition) is 1. The summed E-state index contributed by atoms with van der Waals surface area (Å²) in [5.41, 5.74) is 0.585. The van der Waals surface area contributed by atoms with Crippen molar-refractivity contribution in [3.63, 3.8) is 0 Å². The molecule has 1 amide bonds. The van der Waals surface area contributed by atoms with Crippen LogP contribution in [0.3, 0.4) is 0 Å². The molecule has 1 fully saturated rings. The van der Waals surface area contributed by atoms with Gasteiger partial charge in [-0.15, -0.1) is 0 Å². The molecule has 0 aliphatic carbocycles. The number of rotatable bonds is 15. The average molecular weight is 553 g/mol. The Morgan fingerprint density at radius 3 is 2.45 bits per heavy atom. The maximum Gasteiger partial charge on any atom is 0.267 e. The van der Waals surface area contributed by atoms with Crippen LogP contribution in [0.4, 0.5) is 5.82 Å². The van der Waals surface area contributed by atoms with Gasteiger partial charge in [0.25, 0.3) is 11.5 Å². The van der Waals surface area contributed by atoms with Gasteiger partial charge in [-0.3, -0.25) is 18.9 Å². The molecular formula is C29H36N4O3S2. The average Bonchev–Trinajstić information content (AvgIpc) is 3.54. The van der Waals surface area contributed by atoms with Gasteiger partial charge in [0.1, 0.15) is 21.5 Å². The zero-order chi connectivity index (χ0) is 26.7. The van der Waals surface area contributed by atoms with Crippen LogP contribution in [-0.2, 0) is 11.3 Å². The first-order chi connectivity index (χ1) is 18.6. The van der Waals surface area contributed by atoms with E-state index in [1.165, 1.54) is 67.5 Å².